The maximum absolute atomic E-state index is 12.8. The number of hydrogen-bond acceptors (Lipinski definition) is 4. The molecule has 0 heterocycles. The van der Waals surface area contributed by atoms with Crippen molar-refractivity contribution in [2.24, 2.45) is 11.8 Å². The number of esters is 2. The highest BCUT2D eigenvalue weighted by atomic mass is 16.5. The molecule has 0 amide bonds. The summed E-state index contributed by atoms with van der Waals surface area (Å²) >= 11 is 0. The number of carbonyl (C=O) groups excluding carboxylic acids is 2. The fraction of sp³-hybridized carbons (Fsp3) is 0.833. The maximum Gasteiger partial charge on any atom is 0.334 e. The minimum Gasteiger partial charge on any atom is -0.462 e. The van der Waals surface area contributed by atoms with Crippen molar-refractivity contribution in [2.75, 3.05) is 13.2 Å². The molecule has 0 aromatic carbocycles. The molecule has 0 aromatic rings. The zero-order valence-corrected chi connectivity index (χ0v) is 19.3. The van der Waals surface area contributed by atoms with Crippen LogP contribution in [-0.4, -0.2) is 25.2 Å². The average molecular weight is 397 g/mol. The topological polar surface area (TPSA) is 52.6 Å². The van der Waals surface area contributed by atoms with Crippen LogP contribution in [0.4, 0.5) is 0 Å². The summed E-state index contributed by atoms with van der Waals surface area (Å²) in [7, 11) is 0. The Balaban J connectivity index is 5.30. The Morgan fingerprint density at radius 3 is 1.43 bits per heavy atom. The quantitative estimate of drug-likeness (QED) is 0.167. The SMILES string of the molecule is CCCCCCCCC(C(=O)OCC(C)C)=C(CCCC)C(=O)OCC(C)C. The third-order valence-electron chi connectivity index (χ3n) is 4.51. The summed E-state index contributed by atoms with van der Waals surface area (Å²) in [4.78, 5) is 25.5. The molecule has 28 heavy (non-hydrogen) atoms. The first kappa shape index (κ1) is 26.7. The molecular formula is C24H44O4. The molecule has 4 nitrogen and oxygen atoms in total. The van der Waals surface area contributed by atoms with Gasteiger partial charge < -0.3 is 9.47 Å². The smallest absolute Gasteiger partial charge is 0.334 e. The maximum atomic E-state index is 12.8. The van der Waals surface area contributed by atoms with E-state index in [2.05, 4.69) is 13.8 Å². The molecule has 0 atom stereocenters. The molecule has 0 aliphatic heterocycles. The molecule has 0 aliphatic carbocycles. The summed E-state index contributed by atoms with van der Waals surface area (Å²) in [6.45, 7) is 13.1. The largest absolute Gasteiger partial charge is 0.462 e. The highest BCUT2D eigenvalue weighted by Gasteiger charge is 2.23. The van der Waals surface area contributed by atoms with E-state index in [0.29, 0.717) is 37.2 Å². The summed E-state index contributed by atoms with van der Waals surface area (Å²) in [5.41, 5.74) is 1.07. The standard InChI is InChI=1S/C24H44O4/c1-7-9-11-12-13-14-16-22(24(26)28-18-20(5)6)21(15-10-8-2)23(25)27-17-19(3)4/h19-20H,7-18H2,1-6H3. The van der Waals surface area contributed by atoms with Crippen LogP contribution in [0.3, 0.4) is 0 Å². The summed E-state index contributed by atoms with van der Waals surface area (Å²) in [6, 6.07) is 0. The summed E-state index contributed by atoms with van der Waals surface area (Å²) in [6.07, 6.45) is 9.85. The highest BCUT2D eigenvalue weighted by Crippen LogP contribution is 2.22. The lowest BCUT2D eigenvalue weighted by atomic mass is 9.97. The minimum atomic E-state index is -0.343. The zero-order chi connectivity index (χ0) is 21.4. The highest BCUT2D eigenvalue weighted by molar-refractivity contribution is 6.00. The normalized spacial score (nSPS) is 12.3. The van der Waals surface area contributed by atoms with Gasteiger partial charge in [0.1, 0.15) is 0 Å². The summed E-state index contributed by atoms with van der Waals surface area (Å²) in [5.74, 6) is -0.142. The van der Waals surface area contributed by atoms with E-state index in [1.807, 2.05) is 27.7 Å². The van der Waals surface area contributed by atoms with Crippen LogP contribution >= 0.6 is 0 Å². The van der Waals surface area contributed by atoms with E-state index in [1.54, 1.807) is 0 Å². The van der Waals surface area contributed by atoms with Crippen LogP contribution in [0.1, 0.15) is 106 Å². The Morgan fingerprint density at radius 2 is 1.00 bits per heavy atom. The Hall–Kier alpha value is -1.32. The molecule has 0 aliphatic rings. The van der Waals surface area contributed by atoms with Crippen molar-refractivity contribution in [3.8, 4) is 0 Å². The molecule has 4 heteroatoms. The second-order valence-electron chi connectivity index (χ2n) is 8.56. The summed E-state index contributed by atoms with van der Waals surface area (Å²) < 4.78 is 11.0. The Labute approximate surface area is 173 Å². The van der Waals surface area contributed by atoms with Gasteiger partial charge in [-0.2, -0.15) is 0 Å². The molecule has 0 saturated heterocycles. The van der Waals surface area contributed by atoms with Crippen molar-refractivity contribution < 1.29 is 19.1 Å². The van der Waals surface area contributed by atoms with Crippen molar-refractivity contribution in [2.45, 2.75) is 106 Å². The van der Waals surface area contributed by atoms with Gasteiger partial charge >= 0.3 is 11.9 Å². The molecule has 0 N–H and O–H groups in total. The van der Waals surface area contributed by atoms with Crippen LogP contribution in [0.2, 0.25) is 0 Å². The first-order chi connectivity index (χ1) is 13.3. The number of rotatable bonds is 16. The molecule has 0 saturated carbocycles. The van der Waals surface area contributed by atoms with Gasteiger partial charge in [-0.1, -0.05) is 80.1 Å². The van der Waals surface area contributed by atoms with Crippen LogP contribution < -0.4 is 0 Å². The number of ether oxygens (including phenoxy) is 2. The molecular weight excluding hydrogens is 352 g/mol. The molecule has 0 aromatic heterocycles. The monoisotopic (exact) mass is 396 g/mol. The molecule has 0 unspecified atom stereocenters. The fourth-order valence-corrected chi connectivity index (χ4v) is 2.85. The third kappa shape index (κ3) is 13.0. The van der Waals surface area contributed by atoms with E-state index in [9.17, 15) is 9.59 Å². The Morgan fingerprint density at radius 1 is 0.607 bits per heavy atom. The van der Waals surface area contributed by atoms with Gasteiger partial charge in [0.25, 0.3) is 0 Å². The predicted molar refractivity (Wildman–Crippen MR) is 116 cm³/mol. The van der Waals surface area contributed by atoms with Crippen molar-refractivity contribution in [3.63, 3.8) is 0 Å². The second kappa shape index (κ2) is 16.6. The number of carbonyl (C=O) groups is 2. The predicted octanol–water partition coefficient (Wildman–Crippen LogP) is 6.62. The minimum absolute atomic E-state index is 0.270. The molecule has 0 spiro atoms. The van der Waals surface area contributed by atoms with E-state index in [4.69, 9.17) is 9.47 Å². The van der Waals surface area contributed by atoms with Crippen LogP contribution in [0, 0.1) is 11.8 Å². The van der Waals surface area contributed by atoms with E-state index in [1.165, 1.54) is 25.7 Å². The second-order valence-corrected chi connectivity index (χ2v) is 8.56. The molecule has 0 bridgehead atoms. The van der Waals surface area contributed by atoms with Crippen molar-refractivity contribution in [1.29, 1.82) is 0 Å². The van der Waals surface area contributed by atoms with Gasteiger partial charge in [-0.15, -0.1) is 0 Å². The lowest BCUT2D eigenvalue weighted by Crippen LogP contribution is -2.20. The third-order valence-corrected chi connectivity index (χ3v) is 4.51. The summed E-state index contributed by atoms with van der Waals surface area (Å²) in [5, 5.41) is 0. The van der Waals surface area contributed by atoms with Crippen LogP contribution in [0.5, 0.6) is 0 Å². The first-order valence-electron chi connectivity index (χ1n) is 11.4. The van der Waals surface area contributed by atoms with Gasteiger partial charge in [0.15, 0.2) is 0 Å². The van der Waals surface area contributed by atoms with Gasteiger partial charge in [-0.05, 0) is 37.5 Å². The number of hydrogen-bond donors (Lipinski definition) is 0. The van der Waals surface area contributed by atoms with Crippen LogP contribution in [-0.2, 0) is 19.1 Å². The number of unbranched alkanes of at least 4 members (excludes halogenated alkanes) is 6. The lowest BCUT2D eigenvalue weighted by Gasteiger charge is -2.16. The van der Waals surface area contributed by atoms with Gasteiger partial charge in [-0.3, -0.25) is 0 Å². The van der Waals surface area contributed by atoms with Crippen molar-refractivity contribution in [1.82, 2.24) is 0 Å². The average Bonchev–Trinajstić information content (AvgIpc) is 2.65. The van der Waals surface area contributed by atoms with Gasteiger partial charge in [0.2, 0.25) is 0 Å². The van der Waals surface area contributed by atoms with Crippen LogP contribution in [0.25, 0.3) is 0 Å². The van der Waals surface area contributed by atoms with Gasteiger partial charge in [-0.25, -0.2) is 9.59 Å². The first-order valence-corrected chi connectivity index (χ1v) is 11.4. The van der Waals surface area contributed by atoms with Crippen molar-refractivity contribution >= 4 is 11.9 Å². The Bertz CT molecular complexity index is 463. The molecule has 0 fully saturated rings. The Kier molecular flexibility index (Phi) is 15.8. The van der Waals surface area contributed by atoms with Crippen molar-refractivity contribution in [3.05, 3.63) is 11.1 Å². The van der Waals surface area contributed by atoms with E-state index in [0.717, 1.165) is 25.7 Å². The molecule has 0 radical (unpaired) electrons. The zero-order valence-electron chi connectivity index (χ0n) is 19.3. The molecule has 0 rings (SSSR count). The lowest BCUT2D eigenvalue weighted by molar-refractivity contribution is -0.143. The van der Waals surface area contributed by atoms with Crippen LogP contribution in [0.15, 0.2) is 11.1 Å². The van der Waals surface area contributed by atoms with Gasteiger partial charge in [0.05, 0.1) is 13.2 Å². The van der Waals surface area contributed by atoms with Gasteiger partial charge in [0, 0.05) is 11.1 Å². The van der Waals surface area contributed by atoms with E-state index < -0.39 is 0 Å². The fourth-order valence-electron chi connectivity index (χ4n) is 2.85. The van der Waals surface area contributed by atoms with E-state index >= 15 is 0 Å². The molecule has 164 valence electrons. The van der Waals surface area contributed by atoms with E-state index in [-0.39, 0.29) is 23.8 Å².